The van der Waals surface area contributed by atoms with Crippen LogP contribution in [0.25, 0.3) is 53.2 Å². The van der Waals surface area contributed by atoms with Crippen LogP contribution in [0.1, 0.15) is 0 Å². The first-order valence-corrected chi connectivity index (χ1v) is 15.1. The fourth-order valence-corrected chi connectivity index (χ4v) is 7.44. The van der Waals surface area contributed by atoms with Crippen LogP contribution in [-0.2, 0) is 0 Å². The van der Waals surface area contributed by atoms with Crippen molar-refractivity contribution in [3.63, 3.8) is 0 Å². The molecular formula is C40H27NS. The first-order chi connectivity index (χ1) is 20.8. The molecule has 0 aliphatic carbocycles. The van der Waals surface area contributed by atoms with Gasteiger partial charge in [0.1, 0.15) is 0 Å². The van der Waals surface area contributed by atoms with Crippen molar-refractivity contribution in [1.82, 2.24) is 0 Å². The molecule has 0 saturated heterocycles. The van der Waals surface area contributed by atoms with Gasteiger partial charge in [0.2, 0.25) is 0 Å². The molecule has 0 amide bonds. The molecule has 2 heteroatoms. The SMILES string of the molecule is c1ccc(-c2cccc(N(c3ccccc3)c3cc4c5cccc(-c6ccccc6)c5sc4c4ccccc34)c2)cc1. The maximum absolute atomic E-state index is 2.42. The highest BCUT2D eigenvalue weighted by Gasteiger charge is 2.20. The molecule has 42 heavy (non-hydrogen) atoms. The van der Waals surface area contributed by atoms with E-state index in [0.29, 0.717) is 0 Å². The zero-order valence-corrected chi connectivity index (χ0v) is 23.8. The Bertz CT molecular complexity index is 2180. The largest absolute Gasteiger partial charge is 0.310 e. The topological polar surface area (TPSA) is 3.24 Å². The molecule has 0 bridgehead atoms. The second kappa shape index (κ2) is 10.3. The predicted octanol–water partition coefficient (Wildman–Crippen LogP) is 12.0. The lowest BCUT2D eigenvalue weighted by Crippen LogP contribution is -2.10. The molecule has 1 heterocycles. The lowest BCUT2D eigenvalue weighted by molar-refractivity contribution is 1.30. The van der Waals surface area contributed by atoms with Crippen molar-refractivity contribution in [3.8, 4) is 22.3 Å². The number of thiophene rings is 1. The minimum atomic E-state index is 1.14. The summed E-state index contributed by atoms with van der Waals surface area (Å²) >= 11 is 1.91. The Morgan fingerprint density at radius 1 is 0.357 bits per heavy atom. The van der Waals surface area contributed by atoms with Crippen LogP contribution in [0.3, 0.4) is 0 Å². The third-order valence-electron chi connectivity index (χ3n) is 8.03. The quantitative estimate of drug-likeness (QED) is 0.205. The van der Waals surface area contributed by atoms with Crippen LogP contribution in [0.2, 0.25) is 0 Å². The van der Waals surface area contributed by atoms with Gasteiger partial charge in [0.25, 0.3) is 0 Å². The molecule has 8 aromatic rings. The van der Waals surface area contributed by atoms with Crippen molar-refractivity contribution in [2.45, 2.75) is 0 Å². The standard InChI is InChI=1S/C40H27NS/c1-4-14-28(15-5-1)30-18-12-21-32(26-30)41(31-19-8-3-9-20-31)38-27-37-36-25-13-24-33(29-16-6-2-7-17-29)39(36)42-40(37)35-23-11-10-22-34(35)38/h1-27H. The van der Waals surface area contributed by atoms with Crippen molar-refractivity contribution in [3.05, 3.63) is 164 Å². The molecule has 0 aliphatic rings. The Kier molecular flexibility index (Phi) is 6.05. The lowest BCUT2D eigenvalue weighted by atomic mass is 9.99. The normalized spacial score (nSPS) is 11.3. The van der Waals surface area contributed by atoms with Gasteiger partial charge < -0.3 is 4.90 Å². The smallest absolute Gasteiger partial charge is 0.0547 e. The molecule has 198 valence electrons. The second-order valence-electron chi connectivity index (χ2n) is 10.6. The van der Waals surface area contributed by atoms with Crippen LogP contribution < -0.4 is 4.90 Å². The van der Waals surface area contributed by atoms with E-state index in [9.17, 15) is 0 Å². The van der Waals surface area contributed by atoms with Crippen molar-refractivity contribution in [1.29, 1.82) is 0 Å². The van der Waals surface area contributed by atoms with Gasteiger partial charge in [-0.05, 0) is 52.6 Å². The zero-order valence-electron chi connectivity index (χ0n) is 22.9. The van der Waals surface area contributed by atoms with Gasteiger partial charge in [-0.15, -0.1) is 11.3 Å². The van der Waals surface area contributed by atoms with Crippen LogP contribution in [0.5, 0.6) is 0 Å². The highest BCUT2D eigenvalue weighted by Crippen LogP contribution is 2.48. The maximum atomic E-state index is 2.42. The fourth-order valence-electron chi connectivity index (χ4n) is 6.09. The molecule has 0 aliphatic heterocycles. The van der Waals surface area contributed by atoms with Gasteiger partial charge in [-0.1, -0.05) is 133 Å². The number of hydrogen-bond donors (Lipinski definition) is 0. The Morgan fingerprint density at radius 2 is 0.905 bits per heavy atom. The van der Waals surface area contributed by atoms with E-state index in [-0.39, 0.29) is 0 Å². The highest BCUT2D eigenvalue weighted by molar-refractivity contribution is 7.27. The number of para-hydroxylation sites is 1. The van der Waals surface area contributed by atoms with E-state index in [2.05, 4.69) is 169 Å². The summed E-state index contributed by atoms with van der Waals surface area (Å²) in [5.74, 6) is 0. The van der Waals surface area contributed by atoms with E-state index < -0.39 is 0 Å². The van der Waals surface area contributed by atoms with E-state index >= 15 is 0 Å². The van der Waals surface area contributed by atoms with Crippen LogP contribution in [0, 0.1) is 0 Å². The van der Waals surface area contributed by atoms with Gasteiger partial charge in [0.15, 0.2) is 0 Å². The van der Waals surface area contributed by atoms with Crippen molar-refractivity contribution >= 4 is 59.3 Å². The van der Waals surface area contributed by atoms with E-state index in [1.807, 2.05) is 11.3 Å². The Morgan fingerprint density at radius 3 is 1.67 bits per heavy atom. The number of benzene rings is 7. The summed E-state index contributed by atoms with van der Waals surface area (Å²) in [4.78, 5) is 2.42. The molecule has 0 saturated carbocycles. The number of nitrogens with zero attached hydrogens (tertiary/aromatic N) is 1. The summed E-state index contributed by atoms with van der Waals surface area (Å²) in [6.07, 6.45) is 0. The van der Waals surface area contributed by atoms with Gasteiger partial charge in [0.05, 0.1) is 5.69 Å². The second-order valence-corrected chi connectivity index (χ2v) is 11.6. The van der Waals surface area contributed by atoms with Gasteiger partial charge in [-0.2, -0.15) is 0 Å². The summed E-state index contributed by atoms with van der Waals surface area (Å²) in [5, 5.41) is 5.12. The number of fused-ring (bicyclic) bond motifs is 5. The molecule has 0 spiro atoms. The molecule has 7 aromatic carbocycles. The van der Waals surface area contributed by atoms with E-state index in [1.54, 1.807) is 0 Å². The van der Waals surface area contributed by atoms with Gasteiger partial charge in [-0.25, -0.2) is 0 Å². The molecule has 1 aromatic heterocycles. The highest BCUT2D eigenvalue weighted by atomic mass is 32.1. The summed E-state index contributed by atoms with van der Waals surface area (Å²) in [6, 6.07) is 59.0. The van der Waals surface area contributed by atoms with Crippen molar-refractivity contribution < 1.29 is 0 Å². The van der Waals surface area contributed by atoms with Crippen LogP contribution in [0.15, 0.2) is 164 Å². The van der Waals surface area contributed by atoms with Crippen molar-refractivity contribution in [2.24, 2.45) is 0 Å². The first-order valence-electron chi connectivity index (χ1n) is 14.3. The summed E-state index contributed by atoms with van der Waals surface area (Å²) < 4.78 is 2.66. The molecule has 0 unspecified atom stereocenters. The van der Waals surface area contributed by atoms with Gasteiger partial charge in [-0.3, -0.25) is 0 Å². The maximum Gasteiger partial charge on any atom is 0.0547 e. The summed E-state index contributed by atoms with van der Waals surface area (Å²) in [5.41, 5.74) is 8.41. The third kappa shape index (κ3) is 4.16. The molecule has 0 radical (unpaired) electrons. The average molecular weight is 554 g/mol. The molecule has 8 rings (SSSR count). The zero-order chi connectivity index (χ0) is 27.9. The Hall–Kier alpha value is -5.18. The monoisotopic (exact) mass is 553 g/mol. The van der Waals surface area contributed by atoms with Crippen LogP contribution >= 0.6 is 11.3 Å². The Balaban J connectivity index is 1.42. The van der Waals surface area contributed by atoms with Crippen molar-refractivity contribution in [2.75, 3.05) is 4.90 Å². The first kappa shape index (κ1) is 24.6. The third-order valence-corrected chi connectivity index (χ3v) is 9.32. The number of hydrogen-bond acceptors (Lipinski definition) is 2. The van der Waals surface area contributed by atoms with E-state index in [0.717, 1.165) is 11.4 Å². The minimum absolute atomic E-state index is 1.14. The predicted molar refractivity (Wildman–Crippen MR) is 182 cm³/mol. The lowest BCUT2D eigenvalue weighted by Gasteiger charge is -2.27. The molecular weight excluding hydrogens is 527 g/mol. The van der Waals surface area contributed by atoms with Crippen LogP contribution in [0.4, 0.5) is 17.1 Å². The molecule has 1 nitrogen and oxygen atoms in total. The van der Waals surface area contributed by atoms with Gasteiger partial charge >= 0.3 is 0 Å². The number of anilines is 3. The fraction of sp³-hybridized carbons (Fsp3) is 0. The molecule has 0 atom stereocenters. The van der Waals surface area contributed by atoms with Crippen LogP contribution in [-0.4, -0.2) is 0 Å². The summed E-state index contributed by atoms with van der Waals surface area (Å²) in [6.45, 7) is 0. The van der Waals surface area contributed by atoms with E-state index in [4.69, 9.17) is 0 Å². The molecule has 0 N–H and O–H groups in total. The van der Waals surface area contributed by atoms with E-state index in [1.165, 1.54) is 58.9 Å². The number of rotatable bonds is 5. The average Bonchev–Trinajstić information content (AvgIpc) is 3.45. The molecule has 0 fully saturated rings. The van der Waals surface area contributed by atoms with Gasteiger partial charge in [0, 0.05) is 42.3 Å². The minimum Gasteiger partial charge on any atom is -0.310 e. The Labute approximate surface area is 249 Å². The summed E-state index contributed by atoms with van der Waals surface area (Å²) in [7, 11) is 0.